The number of fused-ring (bicyclic) bond motifs is 1. The molecule has 1 amide bonds. The molecule has 21 heavy (non-hydrogen) atoms. The third-order valence-corrected chi connectivity index (χ3v) is 3.25. The number of likely N-dealkylation sites (N-methyl/N-ethyl adjacent to an activating group) is 1. The highest BCUT2D eigenvalue weighted by Gasteiger charge is 2.22. The molecule has 0 aliphatic carbocycles. The first-order valence-electron chi connectivity index (χ1n) is 10.9. The van der Waals surface area contributed by atoms with Crippen LogP contribution in [-0.4, -0.2) is 49.1 Å². The van der Waals surface area contributed by atoms with E-state index < -0.39 is 39.0 Å². The Labute approximate surface area is 136 Å². The molecule has 2 N–H and O–H groups in total. The summed E-state index contributed by atoms with van der Waals surface area (Å²) in [4.78, 5) is 14.4. The van der Waals surface area contributed by atoms with E-state index in [1.54, 1.807) is 18.2 Å². The highest BCUT2D eigenvalue weighted by atomic mass is 16.6. The number of nitrogens with zero attached hydrogens (tertiary/aromatic N) is 1. The molecule has 1 aromatic carbocycles. The van der Waals surface area contributed by atoms with Gasteiger partial charge < -0.3 is 19.9 Å². The highest BCUT2D eigenvalue weighted by molar-refractivity contribution is 5.84. The first-order valence-corrected chi connectivity index (χ1v) is 6.44. The molecule has 2 heterocycles. The fraction of sp³-hybridized carbons (Fsp3) is 0.438. The zero-order valence-electron chi connectivity index (χ0n) is 20.2. The Morgan fingerprint density at radius 3 is 3.24 bits per heavy atom. The lowest BCUT2D eigenvalue weighted by Crippen LogP contribution is -2.28. The van der Waals surface area contributed by atoms with Crippen LogP contribution in [0.15, 0.2) is 24.4 Å². The number of rotatable bonds is 5. The number of nitrogens with one attached hydrogen (secondary N) is 2. The molecule has 1 aliphatic rings. The lowest BCUT2D eigenvalue weighted by Gasteiger charge is -2.09. The van der Waals surface area contributed by atoms with Crippen LogP contribution < -0.4 is 5.32 Å². The Bertz CT molecular complexity index is 940. The molecule has 0 unspecified atom stereocenters. The van der Waals surface area contributed by atoms with Gasteiger partial charge in [0.2, 0.25) is 0 Å². The van der Waals surface area contributed by atoms with Crippen molar-refractivity contribution in [2.75, 3.05) is 27.1 Å². The number of alkyl carbamates (subject to hydrolysis) is 1. The van der Waals surface area contributed by atoms with Gasteiger partial charge in [-0.15, -0.1) is 0 Å². The summed E-state index contributed by atoms with van der Waals surface area (Å²) in [7, 11) is 0. The fourth-order valence-corrected chi connectivity index (χ4v) is 2.30. The first kappa shape index (κ1) is 6.83. The molecule has 1 saturated heterocycles. The third-order valence-electron chi connectivity index (χ3n) is 3.25. The van der Waals surface area contributed by atoms with Crippen LogP contribution in [0.25, 0.3) is 10.9 Å². The summed E-state index contributed by atoms with van der Waals surface area (Å²) < 4.78 is 74.7. The van der Waals surface area contributed by atoms with E-state index in [4.69, 9.17) is 17.1 Å². The molecule has 0 bridgehead atoms. The Kier molecular flexibility index (Phi) is 1.88. The molecule has 112 valence electrons. The smallest absolute Gasteiger partial charge is 0.407 e. The van der Waals surface area contributed by atoms with Crippen LogP contribution in [-0.2, 0) is 17.5 Å². The molecule has 3 rings (SSSR count). The van der Waals surface area contributed by atoms with Gasteiger partial charge >= 0.3 is 6.09 Å². The monoisotopic (exact) mass is 296 g/mol. The molecule has 0 spiro atoms. The highest BCUT2D eigenvalue weighted by Crippen LogP contribution is 2.21. The van der Waals surface area contributed by atoms with Crippen LogP contribution in [0.3, 0.4) is 0 Å². The zero-order valence-corrected chi connectivity index (χ0v) is 11.2. The molecule has 1 fully saturated rings. The average Bonchev–Trinajstić information content (AvgIpc) is 3.14. The van der Waals surface area contributed by atoms with E-state index in [-0.39, 0.29) is 23.5 Å². The SMILES string of the molecule is [2H]C([2H])(CN(C([2H])([2H])[2H])C([2H])([2H])[2H])c1c[nH]c2ccc(C[C@@]3([2H])COC(=O)N3)cc12. The van der Waals surface area contributed by atoms with Gasteiger partial charge in [-0.3, -0.25) is 0 Å². The quantitative estimate of drug-likeness (QED) is 0.886. The van der Waals surface area contributed by atoms with Gasteiger partial charge in [0.25, 0.3) is 0 Å². The Morgan fingerprint density at radius 1 is 1.57 bits per heavy atom. The molecule has 0 radical (unpaired) electrons. The summed E-state index contributed by atoms with van der Waals surface area (Å²) in [5.74, 6) is 0. The minimum Gasteiger partial charge on any atom is -0.447 e. The zero-order chi connectivity index (χ0) is 22.5. The van der Waals surface area contributed by atoms with Gasteiger partial charge in [0, 0.05) is 34.6 Å². The summed E-state index contributed by atoms with van der Waals surface area (Å²) in [6.45, 7) is -7.01. The van der Waals surface area contributed by atoms with Gasteiger partial charge in [0.05, 0.1) is 7.39 Å². The van der Waals surface area contributed by atoms with Crippen molar-refractivity contribution in [2.24, 2.45) is 0 Å². The Balaban J connectivity index is 1.94. The van der Waals surface area contributed by atoms with Crippen LogP contribution >= 0.6 is 0 Å². The van der Waals surface area contributed by atoms with Crippen LogP contribution in [0, 0.1) is 0 Å². The summed E-state index contributed by atoms with van der Waals surface area (Å²) in [5.41, 5.74) is 1.30. The summed E-state index contributed by atoms with van der Waals surface area (Å²) >= 11 is 0. The number of cyclic esters (lactones) is 1. The van der Waals surface area contributed by atoms with Gasteiger partial charge in [-0.05, 0) is 50.0 Å². The molecule has 1 atom stereocenters. The molecule has 5 nitrogen and oxygen atoms in total. The van der Waals surface area contributed by atoms with Gasteiger partial charge in [-0.2, -0.15) is 0 Å². The van der Waals surface area contributed by atoms with Gasteiger partial charge in [-0.25, -0.2) is 4.79 Å². The van der Waals surface area contributed by atoms with Crippen molar-refractivity contribution in [1.82, 2.24) is 15.2 Å². The summed E-state index contributed by atoms with van der Waals surface area (Å²) in [5, 5.41) is 2.85. The second kappa shape index (κ2) is 5.77. The lowest BCUT2D eigenvalue weighted by molar-refractivity contribution is 0.177. The van der Waals surface area contributed by atoms with Crippen LogP contribution in [0.5, 0.6) is 0 Å². The molecular formula is C16H21N3O2. The van der Waals surface area contributed by atoms with Crippen molar-refractivity contribution in [1.29, 1.82) is 0 Å². The largest absolute Gasteiger partial charge is 0.447 e. The van der Waals surface area contributed by atoms with Gasteiger partial charge in [0.15, 0.2) is 0 Å². The van der Waals surface area contributed by atoms with Crippen LogP contribution in [0.4, 0.5) is 4.79 Å². The number of amides is 1. The number of benzene rings is 1. The normalized spacial score (nSPS) is 30.0. The van der Waals surface area contributed by atoms with Gasteiger partial charge in [0.1, 0.15) is 6.61 Å². The number of carbonyl (C=O) groups is 1. The molecule has 1 aromatic heterocycles. The second-order valence-corrected chi connectivity index (χ2v) is 4.83. The maximum atomic E-state index is 11.3. The summed E-state index contributed by atoms with van der Waals surface area (Å²) in [6, 6.07) is 3.68. The number of aromatic amines is 1. The molecule has 5 heteroatoms. The molecule has 2 aromatic rings. The van der Waals surface area contributed by atoms with Crippen molar-refractivity contribution >= 4 is 17.0 Å². The van der Waals surface area contributed by atoms with Crippen molar-refractivity contribution < 1.29 is 21.9 Å². The van der Waals surface area contributed by atoms with E-state index in [1.807, 2.05) is 0 Å². The van der Waals surface area contributed by atoms with E-state index in [0.29, 0.717) is 16.5 Å². The van der Waals surface area contributed by atoms with Gasteiger partial charge in [-0.1, -0.05) is 6.07 Å². The topological polar surface area (TPSA) is 57.4 Å². The number of hydrogen-bond donors (Lipinski definition) is 2. The van der Waals surface area contributed by atoms with Crippen molar-refractivity contribution in [3.63, 3.8) is 0 Å². The van der Waals surface area contributed by atoms with Crippen LogP contribution in [0.2, 0.25) is 0 Å². The number of hydrogen-bond acceptors (Lipinski definition) is 3. The summed E-state index contributed by atoms with van der Waals surface area (Å²) in [6.07, 6.45) is -1.50. The number of aromatic nitrogens is 1. The molecular weight excluding hydrogens is 266 g/mol. The van der Waals surface area contributed by atoms with E-state index in [2.05, 4.69) is 10.3 Å². The Hall–Kier alpha value is -2.01. The minimum absolute atomic E-state index is 0.101. The maximum Gasteiger partial charge on any atom is 0.407 e. The van der Waals surface area contributed by atoms with Crippen LogP contribution in [0.1, 0.15) is 23.5 Å². The maximum absolute atomic E-state index is 11.3. The second-order valence-electron chi connectivity index (χ2n) is 4.83. The predicted octanol–water partition coefficient (Wildman–Crippen LogP) is 1.92. The van der Waals surface area contributed by atoms with E-state index in [1.165, 1.54) is 6.20 Å². The fourth-order valence-electron chi connectivity index (χ4n) is 2.30. The van der Waals surface area contributed by atoms with Crippen molar-refractivity contribution in [2.45, 2.75) is 18.8 Å². The number of ether oxygens (including phenoxy) is 1. The van der Waals surface area contributed by atoms with Crippen molar-refractivity contribution in [3.8, 4) is 0 Å². The minimum atomic E-state index is -3.01. The van der Waals surface area contributed by atoms with E-state index in [0.717, 1.165) is 0 Å². The average molecular weight is 296 g/mol. The predicted molar refractivity (Wildman–Crippen MR) is 82.5 cm³/mol. The standard InChI is InChI=1S/C16H21N3O2/c1-19(2)6-5-12-9-17-15-4-3-11(8-14(12)15)7-13-10-21-16(20)18-13/h3-4,8-9,13,17H,5-7,10H2,1-2H3,(H,18,20)/t13-/m0/s1/i1D3,2D3,5D2,13D. The van der Waals surface area contributed by atoms with Crippen molar-refractivity contribution in [3.05, 3.63) is 35.5 Å². The van der Waals surface area contributed by atoms with E-state index >= 15 is 0 Å². The first-order chi connectivity index (χ1) is 13.6. The lowest BCUT2D eigenvalue weighted by atomic mass is 10.0. The molecule has 1 aliphatic heterocycles. The van der Waals surface area contributed by atoms with E-state index in [9.17, 15) is 4.79 Å². The molecule has 0 saturated carbocycles. The number of carbonyl (C=O) groups excluding carboxylic acids is 1. The Morgan fingerprint density at radius 2 is 2.48 bits per heavy atom. The number of H-pyrrole nitrogens is 1. The third kappa shape index (κ3) is 3.19.